The van der Waals surface area contributed by atoms with Gasteiger partial charge in [-0.2, -0.15) is 18.4 Å². The van der Waals surface area contributed by atoms with E-state index in [2.05, 4.69) is 21.7 Å². The highest BCUT2D eigenvalue weighted by molar-refractivity contribution is 5.79. The summed E-state index contributed by atoms with van der Waals surface area (Å²) in [5, 5.41) is 15.3. The number of nitrogens with one attached hydrogen (secondary N) is 2. The Morgan fingerprint density at radius 3 is 2.75 bits per heavy atom. The molecule has 3 rings (SSSR count). The number of hydrogen-bond donors (Lipinski definition) is 2. The summed E-state index contributed by atoms with van der Waals surface area (Å²) >= 11 is 0. The van der Waals surface area contributed by atoms with Crippen LogP contribution in [-0.4, -0.2) is 40.6 Å². The Kier molecular flexibility index (Phi) is 6.08. The standard InChI is InChI=1S/C19H24F3N5O/c20-19(21,22)15-7-4-10-24-17(15)26-18(8-2-1-3-9-18)25-13-16(28)27-11-5-6-14(27)12-23/h4,7,10,14,25H,1-3,5-6,8-9,11,13H2,(H,24,26). The molecule has 1 aromatic heterocycles. The Bertz CT molecular complexity index is 740. The lowest BCUT2D eigenvalue weighted by molar-refractivity contribution is -0.137. The fourth-order valence-corrected chi connectivity index (χ4v) is 4.01. The molecule has 9 heteroatoms. The fourth-order valence-electron chi connectivity index (χ4n) is 4.01. The molecular formula is C19H24F3N5O. The number of aromatic nitrogens is 1. The topological polar surface area (TPSA) is 81.0 Å². The van der Waals surface area contributed by atoms with Gasteiger partial charge >= 0.3 is 6.18 Å². The van der Waals surface area contributed by atoms with Crippen LogP contribution in [0, 0.1) is 11.3 Å². The molecule has 1 unspecified atom stereocenters. The predicted molar refractivity (Wildman–Crippen MR) is 97.0 cm³/mol. The van der Waals surface area contributed by atoms with Crippen molar-refractivity contribution in [1.82, 2.24) is 15.2 Å². The van der Waals surface area contributed by atoms with E-state index in [0.717, 1.165) is 31.7 Å². The zero-order valence-electron chi connectivity index (χ0n) is 15.6. The number of anilines is 1. The monoisotopic (exact) mass is 395 g/mol. The summed E-state index contributed by atoms with van der Waals surface area (Å²) in [6.45, 7) is 0.511. The van der Waals surface area contributed by atoms with Gasteiger partial charge < -0.3 is 10.2 Å². The fraction of sp³-hybridized carbons (Fsp3) is 0.632. The number of pyridine rings is 1. The van der Waals surface area contributed by atoms with E-state index >= 15 is 0 Å². The summed E-state index contributed by atoms with van der Waals surface area (Å²) in [6.07, 6.45) is 2.12. The molecule has 2 aliphatic rings. The molecule has 2 N–H and O–H groups in total. The number of rotatable bonds is 5. The first kappa shape index (κ1) is 20.4. The van der Waals surface area contributed by atoms with Gasteiger partial charge in [0.2, 0.25) is 5.91 Å². The Morgan fingerprint density at radius 1 is 1.32 bits per heavy atom. The third-order valence-electron chi connectivity index (χ3n) is 5.48. The molecule has 1 saturated carbocycles. The van der Waals surface area contributed by atoms with Gasteiger partial charge in [0.25, 0.3) is 0 Å². The number of hydrogen-bond acceptors (Lipinski definition) is 5. The van der Waals surface area contributed by atoms with Crippen LogP contribution in [0.1, 0.15) is 50.5 Å². The predicted octanol–water partition coefficient (Wildman–Crippen LogP) is 3.28. The van der Waals surface area contributed by atoms with Crippen LogP contribution in [0.4, 0.5) is 19.0 Å². The normalized spacial score (nSPS) is 21.9. The number of carbonyl (C=O) groups excluding carboxylic acids is 1. The Labute approximate surface area is 162 Å². The molecule has 0 spiro atoms. The molecule has 1 atom stereocenters. The first-order valence-electron chi connectivity index (χ1n) is 9.59. The van der Waals surface area contributed by atoms with E-state index in [9.17, 15) is 18.0 Å². The van der Waals surface area contributed by atoms with E-state index in [-0.39, 0.29) is 18.3 Å². The minimum Gasteiger partial charge on any atom is -0.352 e. The third-order valence-corrected chi connectivity index (χ3v) is 5.48. The molecule has 0 aromatic carbocycles. The molecule has 2 heterocycles. The highest BCUT2D eigenvalue weighted by Gasteiger charge is 2.39. The number of alkyl halides is 3. The van der Waals surface area contributed by atoms with E-state index < -0.39 is 23.4 Å². The van der Waals surface area contributed by atoms with Crippen molar-refractivity contribution in [2.24, 2.45) is 0 Å². The summed E-state index contributed by atoms with van der Waals surface area (Å²) in [6, 6.07) is 3.97. The second-order valence-electron chi connectivity index (χ2n) is 7.39. The molecule has 1 amide bonds. The molecule has 2 fully saturated rings. The second-order valence-corrected chi connectivity index (χ2v) is 7.39. The summed E-state index contributed by atoms with van der Waals surface area (Å²) in [4.78, 5) is 18.0. The lowest BCUT2D eigenvalue weighted by atomic mass is 9.88. The number of halogens is 3. The lowest BCUT2D eigenvalue weighted by Gasteiger charge is -2.40. The van der Waals surface area contributed by atoms with E-state index in [1.165, 1.54) is 12.3 Å². The molecule has 0 radical (unpaired) electrons. The van der Waals surface area contributed by atoms with Crippen molar-refractivity contribution in [2.45, 2.75) is 62.8 Å². The van der Waals surface area contributed by atoms with Gasteiger partial charge in [-0.05, 0) is 50.7 Å². The maximum absolute atomic E-state index is 13.3. The van der Waals surface area contributed by atoms with Crippen LogP contribution >= 0.6 is 0 Å². The number of nitriles is 1. The molecule has 1 aliphatic carbocycles. The van der Waals surface area contributed by atoms with Crippen LogP contribution in [0.5, 0.6) is 0 Å². The van der Waals surface area contributed by atoms with Crippen LogP contribution in [0.15, 0.2) is 18.3 Å². The smallest absolute Gasteiger partial charge is 0.352 e. The van der Waals surface area contributed by atoms with Gasteiger partial charge in [0.15, 0.2) is 0 Å². The summed E-state index contributed by atoms with van der Waals surface area (Å²) < 4.78 is 40.0. The largest absolute Gasteiger partial charge is 0.419 e. The first-order chi connectivity index (χ1) is 13.3. The Hall–Kier alpha value is -2.34. The van der Waals surface area contributed by atoms with Gasteiger partial charge in [0, 0.05) is 12.7 Å². The van der Waals surface area contributed by atoms with Crippen LogP contribution in [0.3, 0.4) is 0 Å². The van der Waals surface area contributed by atoms with Crippen molar-refractivity contribution in [1.29, 1.82) is 5.26 Å². The summed E-state index contributed by atoms with van der Waals surface area (Å²) in [7, 11) is 0. The maximum atomic E-state index is 13.3. The third kappa shape index (κ3) is 4.55. The van der Waals surface area contributed by atoms with Crippen molar-refractivity contribution < 1.29 is 18.0 Å². The zero-order chi connectivity index (χ0) is 20.2. The molecule has 1 aromatic rings. The van der Waals surface area contributed by atoms with Crippen molar-refractivity contribution in [3.63, 3.8) is 0 Å². The lowest BCUT2D eigenvalue weighted by Crippen LogP contribution is -2.56. The van der Waals surface area contributed by atoms with Gasteiger partial charge in [-0.1, -0.05) is 6.42 Å². The van der Waals surface area contributed by atoms with Gasteiger partial charge in [-0.15, -0.1) is 0 Å². The van der Waals surface area contributed by atoms with Crippen LogP contribution in [0.25, 0.3) is 0 Å². The minimum absolute atomic E-state index is 0.0284. The number of carbonyl (C=O) groups is 1. The SMILES string of the molecule is N#CC1CCCN1C(=O)CNC1(Nc2ncccc2C(F)(F)F)CCCCC1. The Morgan fingerprint density at radius 2 is 2.07 bits per heavy atom. The molecule has 6 nitrogen and oxygen atoms in total. The highest BCUT2D eigenvalue weighted by atomic mass is 19.4. The van der Waals surface area contributed by atoms with E-state index in [1.807, 2.05) is 0 Å². The highest BCUT2D eigenvalue weighted by Crippen LogP contribution is 2.36. The second kappa shape index (κ2) is 8.35. The number of nitrogens with zero attached hydrogens (tertiary/aromatic N) is 3. The van der Waals surface area contributed by atoms with Crippen molar-refractivity contribution in [3.05, 3.63) is 23.9 Å². The van der Waals surface area contributed by atoms with Crippen molar-refractivity contribution in [2.75, 3.05) is 18.4 Å². The van der Waals surface area contributed by atoms with Gasteiger partial charge in [0.1, 0.15) is 11.9 Å². The molecular weight excluding hydrogens is 371 g/mol. The zero-order valence-corrected chi connectivity index (χ0v) is 15.6. The molecule has 1 aliphatic heterocycles. The maximum Gasteiger partial charge on any atom is 0.419 e. The average Bonchev–Trinajstić information content (AvgIpc) is 3.15. The quantitative estimate of drug-likeness (QED) is 0.748. The van der Waals surface area contributed by atoms with Crippen LogP contribution in [0.2, 0.25) is 0 Å². The molecule has 1 saturated heterocycles. The summed E-state index contributed by atoms with van der Waals surface area (Å²) in [5.41, 5.74) is -1.65. The molecule has 0 bridgehead atoms. The van der Waals surface area contributed by atoms with Gasteiger partial charge in [0.05, 0.1) is 23.8 Å². The summed E-state index contributed by atoms with van der Waals surface area (Å²) in [5.74, 6) is -0.430. The molecule has 152 valence electrons. The van der Waals surface area contributed by atoms with Crippen LogP contribution in [-0.2, 0) is 11.0 Å². The van der Waals surface area contributed by atoms with E-state index in [0.29, 0.717) is 25.8 Å². The van der Waals surface area contributed by atoms with E-state index in [1.54, 1.807) is 4.90 Å². The van der Waals surface area contributed by atoms with Crippen LogP contribution < -0.4 is 10.6 Å². The minimum atomic E-state index is -4.52. The first-order valence-corrected chi connectivity index (χ1v) is 9.59. The van der Waals surface area contributed by atoms with Crippen molar-refractivity contribution >= 4 is 11.7 Å². The number of likely N-dealkylation sites (tertiary alicyclic amines) is 1. The average molecular weight is 395 g/mol. The Balaban J connectivity index is 1.75. The van der Waals surface area contributed by atoms with Gasteiger partial charge in [-0.25, -0.2) is 4.98 Å². The molecule has 28 heavy (non-hydrogen) atoms. The number of amides is 1. The van der Waals surface area contributed by atoms with E-state index in [4.69, 9.17) is 5.26 Å². The van der Waals surface area contributed by atoms with Gasteiger partial charge in [-0.3, -0.25) is 10.1 Å². The van der Waals surface area contributed by atoms with Crippen molar-refractivity contribution in [3.8, 4) is 6.07 Å².